The van der Waals surface area contributed by atoms with Crippen molar-refractivity contribution < 1.29 is 14.7 Å². The fourth-order valence-corrected chi connectivity index (χ4v) is 2.88. The SMILES string of the molecule is CC(C)CC(CNC(=O)NCC1CCN(C)C1)CC(=O)O. The summed E-state index contributed by atoms with van der Waals surface area (Å²) in [7, 11) is 2.09. The van der Waals surface area contributed by atoms with Crippen LogP contribution < -0.4 is 10.6 Å². The number of carboxylic acid groups (broad SMARTS) is 1. The van der Waals surface area contributed by atoms with Crippen molar-refractivity contribution in [2.45, 2.75) is 33.1 Å². The summed E-state index contributed by atoms with van der Waals surface area (Å²) >= 11 is 0. The van der Waals surface area contributed by atoms with E-state index in [0.29, 0.717) is 24.9 Å². The van der Waals surface area contributed by atoms with Crippen LogP contribution in [0.5, 0.6) is 0 Å². The largest absolute Gasteiger partial charge is 0.481 e. The van der Waals surface area contributed by atoms with Gasteiger partial charge in [0, 0.05) is 26.1 Å². The van der Waals surface area contributed by atoms with Gasteiger partial charge in [-0.2, -0.15) is 0 Å². The zero-order chi connectivity index (χ0) is 15.8. The van der Waals surface area contributed by atoms with Gasteiger partial charge in [-0.1, -0.05) is 13.8 Å². The minimum Gasteiger partial charge on any atom is -0.481 e. The molecule has 3 N–H and O–H groups in total. The summed E-state index contributed by atoms with van der Waals surface area (Å²) in [4.78, 5) is 24.9. The van der Waals surface area contributed by atoms with Gasteiger partial charge in [0.05, 0.1) is 0 Å². The van der Waals surface area contributed by atoms with Gasteiger partial charge in [0.1, 0.15) is 0 Å². The number of carboxylic acids is 1. The first kappa shape index (κ1) is 17.8. The summed E-state index contributed by atoms with van der Waals surface area (Å²) in [5.74, 6) is 0.127. The van der Waals surface area contributed by atoms with Crippen LogP contribution in [-0.4, -0.2) is 55.2 Å². The van der Waals surface area contributed by atoms with E-state index in [9.17, 15) is 9.59 Å². The highest BCUT2D eigenvalue weighted by molar-refractivity contribution is 5.74. The highest BCUT2D eigenvalue weighted by Gasteiger charge is 2.20. The number of urea groups is 1. The highest BCUT2D eigenvalue weighted by atomic mass is 16.4. The van der Waals surface area contributed by atoms with Crippen molar-refractivity contribution in [1.82, 2.24) is 15.5 Å². The highest BCUT2D eigenvalue weighted by Crippen LogP contribution is 2.15. The Balaban J connectivity index is 2.23. The standard InChI is InChI=1S/C15H29N3O3/c1-11(2)6-13(7-14(19)20)9-17-15(21)16-8-12-4-5-18(3)10-12/h11-13H,4-10H2,1-3H3,(H,19,20)(H2,16,17,21). The van der Waals surface area contributed by atoms with Crippen LogP contribution in [0.3, 0.4) is 0 Å². The zero-order valence-electron chi connectivity index (χ0n) is 13.4. The topological polar surface area (TPSA) is 81.7 Å². The van der Waals surface area contributed by atoms with Gasteiger partial charge in [0.25, 0.3) is 0 Å². The lowest BCUT2D eigenvalue weighted by molar-refractivity contribution is -0.138. The van der Waals surface area contributed by atoms with Crippen LogP contribution in [0.25, 0.3) is 0 Å². The second kappa shape index (κ2) is 8.87. The molecule has 2 unspecified atom stereocenters. The maximum absolute atomic E-state index is 11.8. The fraction of sp³-hybridized carbons (Fsp3) is 0.867. The van der Waals surface area contributed by atoms with Crippen molar-refractivity contribution >= 4 is 12.0 Å². The second-order valence-corrected chi connectivity index (χ2v) is 6.60. The van der Waals surface area contributed by atoms with Gasteiger partial charge < -0.3 is 20.6 Å². The summed E-state index contributed by atoms with van der Waals surface area (Å²) in [6.07, 6.45) is 2.03. The number of hydrogen-bond donors (Lipinski definition) is 3. The normalized spacial score (nSPS) is 20.5. The summed E-state index contributed by atoms with van der Waals surface area (Å²) < 4.78 is 0. The van der Waals surface area contributed by atoms with E-state index in [-0.39, 0.29) is 18.4 Å². The van der Waals surface area contributed by atoms with Gasteiger partial charge in [-0.25, -0.2) is 4.79 Å². The smallest absolute Gasteiger partial charge is 0.314 e. The molecule has 0 aromatic heterocycles. The van der Waals surface area contributed by atoms with Crippen LogP contribution >= 0.6 is 0 Å². The van der Waals surface area contributed by atoms with Gasteiger partial charge >= 0.3 is 12.0 Å². The minimum atomic E-state index is -0.808. The van der Waals surface area contributed by atoms with E-state index in [1.807, 2.05) is 0 Å². The van der Waals surface area contributed by atoms with Crippen molar-refractivity contribution in [3.05, 3.63) is 0 Å². The molecule has 0 aromatic carbocycles. The molecule has 6 nitrogen and oxygen atoms in total. The van der Waals surface area contributed by atoms with E-state index >= 15 is 0 Å². The third kappa shape index (κ3) is 7.90. The van der Waals surface area contributed by atoms with Gasteiger partial charge in [-0.3, -0.25) is 4.79 Å². The Morgan fingerprint density at radius 2 is 2.05 bits per heavy atom. The molecule has 0 aromatic rings. The number of likely N-dealkylation sites (tertiary alicyclic amines) is 1. The summed E-state index contributed by atoms with van der Waals surface area (Å²) in [5, 5.41) is 14.6. The number of nitrogens with zero attached hydrogens (tertiary/aromatic N) is 1. The molecule has 122 valence electrons. The molecule has 1 heterocycles. The van der Waals surface area contributed by atoms with E-state index in [4.69, 9.17) is 5.11 Å². The minimum absolute atomic E-state index is 0.00846. The Morgan fingerprint density at radius 1 is 1.33 bits per heavy atom. The molecule has 21 heavy (non-hydrogen) atoms. The molecule has 1 saturated heterocycles. The summed E-state index contributed by atoms with van der Waals surface area (Å²) in [5.41, 5.74) is 0. The van der Waals surface area contributed by atoms with Crippen LogP contribution in [0, 0.1) is 17.8 Å². The van der Waals surface area contributed by atoms with Crippen LogP contribution in [0.15, 0.2) is 0 Å². The molecule has 6 heteroatoms. The quantitative estimate of drug-likeness (QED) is 0.632. The second-order valence-electron chi connectivity index (χ2n) is 6.60. The van der Waals surface area contributed by atoms with E-state index in [0.717, 1.165) is 25.9 Å². The molecule has 1 fully saturated rings. The first-order valence-electron chi connectivity index (χ1n) is 7.78. The zero-order valence-corrected chi connectivity index (χ0v) is 13.4. The van der Waals surface area contributed by atoms with Crippen LogP contribution in [0.1, 0.15) is 33.1 Å². The van der Waals surface area contributed by atoms with Crippen molar-refractivity contribution in [2.75, 3.05) is 33.2 Å². The monoisotopic (exact) mass is 299 g/mol. The van der Waals surface area contributed by atoms with Crippen molar-refractivity contribution in [2.24, 2.45) is 17.8 Å². The number of amides is 2. The van der Waals surface area contributed by atoms with E-state index in [1.165, 1.54) is 0 Å². The Hall–Kier alpha value is -1.30. The van der Waals surface area contributed by atoms with Crippen LogP contribution in [0.4, 0.5) is 4.79 Å². The van der Waals surface area contributed by atoms with Crippen molar-refractivity contribution in [3.8, 4) is 0 Å². The van der Waals surface area contributed by atoms with E-state index in [1.54, 1.807) is 0 Å². The number of hydrogen-bond acceptors (Lipinski definition) is 3. The lowest BCUT2D eigenvalue weighted by Gasteiger charge is -2.18. The number of carbonyl (C=O) groups excluding carboxylic acids is 1. The average Bonchev–Trinajstić information content (AvgIpc) is 2.78. The first-order chi connectivity index (χ1) is 9.86. The Bertz CT molecular complexity index is 347. The lowest BCUT2D eigenvalue weighted by atomic mass is 9.94. The summed E-state index contributed by atoms with van der Waals surface area (Å²) in [6.45, 7) is 7.33. The third-order valence-corrected chi connectivity index (χ3v) is 3.86. The van der Waals surface area contributed by atoms with Crippen molar-refractivity contribution in [3.63, 3.8) is 0 Å². The molecule has 1 rings (SSSR count). The van der Waals surface area contributed by atoms with Gasteiger partial charge in [0.15, 0.2) is 0 Å². The molecular formula is C15H29N3O3. The number of aliphatic carboxylic acids is 1. The molecule has 1 aliphatic heterocycles. The molecule has 0 bridgehead atoms. The predicted molar refractivity (Wildman–Crippen MR) is 82.2 cm³/mol. The lowest BCUT2D eigenvalue weighted by Crippen LogP contribution is -2.41. The predicted octanol–water partition coefficient (Wildman–Crippen LogP) is 1.37. The molecule has 0 saturated carbocycles. The Morgan fingerprint density at radius 3 is 2.57 bits per heavy atom. The molecule has 1 aliphatic rings. The summed E-state index contributed by atoms with van der Waals surface area (Å²) in [6, 6.07) is -0.191. The molecule has 2 atom stereocenters. The maximum atomic E-state index is 11.8. The number of nitrogens with one attached hydrogen (secondary N) is 2. The first-order valence-corrected chi connectivity index (χ1v) is 7.78. The van der Waals surface area contributed by atoms with Crippen molar-refractivity contribution in [1.29, 1.82) is 0 Å². The van der Waals surface area contributed by atoms with Gasteiger partial charge in [0.2, 0.25) is 0 Å². The third-order valence-electron chi connectivity index (χ3n) is 3.86. The van der Waals surface area contributed by atoms with E-state index < -0.39 is 5.97 Å². The maximum Gasteiger partial charge on any atom is 0.314 e. The fourth-order valence-electron chi connectivity index (χ4n) is 2.88. The van der Waals surface area contributed by atoms with Gasteiger partial charge in [-0.05, 0) is 44.2 Å². The average molecular weight is 299 g/mol. The molecule has 0 aliphatic carbocycles. The molecule has 0 spiro atoms. The Labute approximate surface area is 127 Å². The Kier molecular flexibility index (Phi) is 7.50. The van der Waals surface area contributed by atoms with Crippen LogP contribution in [0.2, 0.25) is 0 Å². The molecule has 0 radical (unpaired) electrons. The number of rotatable bonds is 8. The van der Waals surface area contributed by atoms with E-state index in [2.05, 4.69) is 36.4 Å². The van der Waals surface area contributed by atoms with Crippen LogP contribution in [-0.2, 0) is 4.79 Å². The molecule has 2 amide bonds. The molecular weight excluding hydrogens is 270 g/mol. The van der Waals surface area contributed by atoms with Gasteiger partial charge in [-0.15, -0.1) is 0 Å². The number of carbonyl (C=O) groups is 2.